The highest BCUT2D eigenvalue weighted by atomic mass is 19.1. The number of ether oxygens (including phenoxy) is 2. The first-order chi connectivity index (χ1) is 16.4. The van der Waals surface area contributed by atoms with Gasteiger partial charge in [0.1, 0.15) is 23.4 Å². The van der Waals surface area contributed by atoms with E-state index in [1.165, 1.54) is 24.3 Å². The van der Waals surface area contributed by atoms with Crippen molar-refractivity contribution >= 4 is 17.5 Å². The second-order valence-corrected chi connectivity index (χ2v) is 8.29. The van der Waals surface area contributed by atoms with Gasteiger partial charge in [-0.25, -0.2) is 4.39 Å². The van der Waals surface area contributed by atoms with Gasteiger partial charge in [0.15, 0.2) is 0 Å². The monoisotopic (exact) mass is 464 g/mol. The fraction of sp³-hybridized carbons (Fsp3) is 0.259. The van der Waals surface area contributed by atoms with Crippen LogP contribution in [0.15, 0.2) is 78.9 Å². The number of carbonyl (C=O) groups excluding carboxylic acids is 2. The van der Waals surface area contributed by atoms with Gasteiger partial charge in [-0.1, -0.05) is 44.2 Å². The van der Waals surface area contributed by atoms with Crippen molar-refractivity contribution in [1.29, 1.82) is 0 Å². The minimum Gasteiger partial charge on any atom is -0.457 e. The fourth-order valence-electron chi connectivity index (χ4n) is 3.15. The number of nitrogens with one attached hydrogen (secondary N) is 2. The van der Waals surface area contributed by atoms with Crippen molar-refractivity contribution in [2.75, 3.05) is 11.9 Å². The number of hydrogen-bond acceptors (Lipinski definition) is 4. The lowest BCUT2D eigenvalue weighted by Crippen LogP contribution is -2.47. The second kappa shape index (κ2) is 12.5. The molecule has 0 fully saturated rings. The summed E-state index contributed by atoms with van der Waals surface area (Å²) in [6.45, 7) is 4.25. The zero-order valence-corrected chi connectivity index (χ0v) is 19.3. The van der Waals surface area contributed by atoms with Crippen LogP contribution in [-0.2, 0) is 20.9 Å². The molecule has 0 spiro atoms. The first-order valence-electron chi connectivity index (χ1n) is 11.1. The van der Waals surface area contributed by atoms with Gasteiger partial charge in [0.05, 0.1) is 13.2 Å². The topological polar surface area (TPSA) is 76.7 Å². The number of anilines is 1. The molecule has 0 aliphatic rings. The molecule has 0 heterocycles. The Morgan fingerprint density at radius 3 is 2.12 bits per heavy atom. The predicted octanol–water partition coefficient (Wildman–Crippen LogP) is 5.30. The van der Waals surface area contributed by atoms with Crippen molar-refractivity contribution in [3.8, 4) is 11.5 Å². The molecule has 34 heavy (non-hydrogen) atoms. The van der Waals surface area contributed by atoms with Gasteiger partial charge >= 0.3 is 0 Å². The molecule has 1 atom stereocenters. The Balaban J connectivity index is 1.59. The number of hydrogen-bond donors (Lipinski definition) is 2. The predicted molar refractivity (Wildman–Crippen MR) is 129 cm³/mol. The molecule has 7 heteroatoms. The Labute approximate surface area is 199 Å². The third-order valence-corrected chi connectivity index (χ3v) is 4.81. The van der Waals surface area contributed by atoms with Gasteiger partial charge in [-0.3, -0.25) is 9.59 Å². The van der Waals surface area contributed by atoms with E-state index in [1.54, 1.807) is 24.3 Å². The van der Waals surface area contributed by atoms with E-state index in [4.69, 9.17) is 9.47 Å². The van der Waals surface area contributed by atoms with Crippen LogP contribution in [0, 0.1) is 11.7 Å². The highest BCUT2D eigenvalue weighted by Gasteiger charge is 2.22. The number of rotatable bonds is 11. The van der Waals surface area contributed by atoms with Gasteiger partial charge in [-0.05, 0) is 60.0 Å². The molecule has 0 bridgehead atoms. The molecule has 0 aliphatic carbocycles. The van der Waals surface area contributed by atoms with Crippen molar-refractivity contribution < 1.29 is 23.5 Å². The molecule has 6 nitrogen and oxygen atoms in total. The maximum Gasteiger partial charge on any atom is 0.249 e. The van der Waals surface area contributed by atoms with E-state index >= 15 is 0 Å². The molecule has 0 aliphatic heterocycles. The van der Waals surface area contributed by atoms with Gasteiger partial charge in [0, 0.05) is 12.1 Å². The van der Waals surface area contributed by atoms with Crippen LogP contribution >= 0.6 is 0 Å². The van der Waals surface area contributed by atoms with Crippen LogP contribution in [0.2, 0.25) is 0 Å². The quantitative estimate of drug-likeness (QED) is 0.404. The summed E-state index contributed by atoms with van der Waals surface area (Å²) >= 11 is 0. The average Bonchev–Trinajstić information content (AvgIpc) is 2.81. The minimum atomic E-state index is -0.842. The molecule has 1 unspecified atom stereocenters. The van der Waals surface area contributed by atoms with E-state index in [0.29, 0.717) is 30.2 Å². The molecular formula is C27H29FN2O4. The zero-order valence-electron chi connectivity index (χ0n) is 19.3. The summed E-state index contributed by atoms with van der Waals surface area (Å²) in [5.74, 6) is 0.286. The van der Waals surface area contributed by atoms with Crippen LogP contribution < -0.4 is 15.4 Å². The summed E-state index contributed by atoms with van der Waals surface area (Å²) in [5, 5.41) is 5.58. The van der Waals surface area contributed by atoms with E-state index < -0.39 is 6.04 Å². The van der Waals surface area contributed by atoms with Crippen molar-refractivity contribution in [3.05, 3.63) is 90.2 Å². The van der Waals surface area contributed by atoms with Crippen molar-refractivity contribution in [2.24, 2.45) is 5.92 Å². The molecule has 3 aromatic carbocycles. The van der Waals surface area contributed by atoms with Crippen LogP contribution in [0.5, 0.6) is 11.5 Å². The minimum absolute atomic E-state index is 0.0380. The number of halogens is 1. The molecule has 2 N–H and O–H groups in total. The molecule has 0 aromatic heterocycles. The number of benzene rings is 3. The molecular weight excluding hydrogens is 435 g/mol. The van der Waals surface area contributed by atoms with E-state index in [2.05, 4.69) is 10.6 Å². The van der Waals surface area contributed by atoms with Gasteiger partial charge in [0.25, 0.3) is 0 Å². The normalized spacial score (nSPS) is 11.6. The Kier molecular flexibility index (Phi) is 9.17. The van der Waals surface area contributed by atoms with Gasteiger partial charge in [-0.15, -0.1) is 0 Å². The van der Waals surface area contributed by atoms with Crippen LogP contribution in [-0.4, -0.2) is 24.5 Å². The van der Waals surface area contributed by atoms with Crippen LogP contribution in [0.3, 0.4) is 0 Å². The SMILES string of the molecule is CC(C)CC(=O)NC(COCc1ccccc1)C(=O)Nc1ccc(Oc2ccc(F)cc2)cc1. The Morgan fingerprint density at radius 2 is 1.50 bits per heavy atom. The van der Waals surface area contributed by atoms with E-state index in [0.717, 1.165) is 5.56 Å². The molecule has 2 amide bonds. The molecule has 0 saturated carbocycles. The molecule has 0 saturated heterocycles. The highest BCUT2D eigenvalue weighted by molar-refractivity contribution is 5.97. The smallest absolute Gasteiger partial charge is 0.249 e. The molecule has 178 valence electrons. The number of amides is 2. The highest BCUT2D eigenvalue weighted by Crippen LogP contribution is 2.23. The fourth-order valence-corrected chi connectivity index (χ4v) is 3.15. The second-order valence-electron chi connectivity index (χ2n) is 8.29. The molecule has 3 rings (SSSR count). The maximum atomic E-state index is 13.0. The standard InChI is InChI=1S/C27H29FN2O4/c1-19(2)16-26(31)30-25(18-33-17-20-6-4-3-5-7-20)27(32)29-22-10-14-24(15-11-22)34-23-12-8-21(28)9-13-23/h3-15,19,25H,16-18H2,1-2H3,(H,29,32)(H,30,31). The first kappa shape index (κ1) is 24.9. The maximum absolute atomic E-state index is 13.0. The largest absolute Gasteiger partial charge is 0.457 e. The van der Waals surface area contributed by atoms with Crippen LogP contribution in [0.25, 0.3) is 0 Å². The lowest BCUT2D eigenvalue weighted by Gasteiger charge is -2.19. The van der Waals surface area contributed by atoms with E-state index in [1.807, 2.05) is 44.2 Å². The summed E-state index contributed by atoms with van der Waals surface area (Å²) in [6, 6.07) is 21.2. The summed E-state index contributed by atoms with van der Waals surface area (Å²) in [5.41, 5.74) is 1.52. The third-order valence-electron chi connectivity index (χ3n) is 4.81. The number of carbonyl (C=O) groups is 2. The van der Waals surface area contributed by atoms with E-state index in [9.17, 15) is 14.0 Å². The van der Waals surface area contributed by atoms with Crippen molar-refractivity contribution in [2.45, 2.75) is 32.9 Å². The van der Waals surface area contributed by atoms with Gasteiger partial charge < -0.3 is 20.1 Å². The lowest BCUT2D eigenvalue weighted by molar-refractivity contribution is -0.128. The summed E-state index contributed by atoms with van der Waals surface area (Å²) in [7, 11) is 0. The van der Waals surface area contributed by atoms with Crippen molar-refractivity contribution in [3.63, 3.8) is 0 Å². The summed E-state index contributed by atoms with van der Waals surface area (Å²) < 4.78 is 24.4. The lowest BCUT2D eigenvalue weighted by atomic mass is 10.1. The third kappa shape index (κ3) is 8.33. The molecule has 0 radical (unpaired) electrons. The summed E-state index contributed by atoms with van der Waals surface area (Å²) in [6.07, 6.45) is 0.317. The van der Waals surface area contributed by atoms with Gasteiger partial charge in [-0.2, -0.15) is 0 Å². The average molecular weight is 465 g/mol. The first-order valence-corrected chi connectivity index (χ1v) is 11.1. The zero-order chi connectivity index (χ0) is 24.3. The van der Waals surface area contributed by atoms with Crippen molar-refractivity contribution in [1.82, 2.24) is 5.32 Å². The van der Waals surface area contributed by atoms with Crippen LogP contribution in [0.4, 0.5) is 10.1 Å². The van der Waals surface area contributed by atoms with Gasteiger partial charge in [0.2, 0.25) is 11.8 Å². The Hall–Kier alpha value is -3.71. The Morgan fingerprint density at radius 1 is 0.882 bits per heavy atom. The van der Waals surface area contributed by atoms with Crippen LogP contribution in [0.1, 0.15) is 25.8 Å². The Bertz CT molecular complexity index is 1050. The summed E-state index contributed by atoms with van der Waals surface area (Å²) in [4.78, 5) is 25.2. The van der Waals surface area contributed by atoms with E-state index in [-0.39, 0.29) is 30.2 Å². The molecule has 3 aromatic rings.